The minimum Gasteiger partial charge on any atom is -0.332 e. The van der Waals surface area contributed by atoms with Gasteiger partial charge in [-0.1, -0.05) is 0 Å². The Hall–Kier alpha value is -3.03. The highest BCUT2D eigenvalue weighted by molar-refractivity contribution is 5.92. The third-order valence-electron chi connectivity index (χ3n) is 4.48. The van der Waals surface area contributed by atoms with E-state index in [9.17, 15) is 4.79 Å². The second-order valence-corrected chi connectivity index (χ2v) is 6.12. The van der Waals surface area contributed by atoms with Crippen molar-refractivity contribution in [2.45, 2.75) is 31.8 Å². The highest BCUT2D eigenvalue weighted by Crippen LogP contribution is 2.20. The lowest BCUT2D eigenvalue weighted by Crippen LogP contribution is -2.46. The highest BCUT2D eigenvalue weighted by Gasteiger charge is 2.28. The Morgan fingerprint density at radius 1 is 1.16 bits per heavy atom. The lowest BCUT2D eigenvalue weighted by atomic mass is 10.0. The predicted molar refractivity (Wildman–Crippen MR) is 90.1 cm³/mol. The molecule has 0 spiro atoms. The van der Waals surface area contributed by atoms with Crippen molar-refractivity contribution in [2.24, 2.45) is 0 Å². The van der Waals surface area contributed by atoms with Gasteiger partial charge >= 0.3 is 0 Å². The molecule has 8 nitrogen and oxygen atoms in total. The van der Waals surface area contributed by atoms with Crippen LogP contribution in [0.2, 0.25) is 0 Å². The molecule has 25 heavy (non-hydrogen) atoms. The predicted octanol–water partition coefficient (Wildman–Crippen LogP) is 1.55. The van der Waals surface area contributed by atoms with Crippen LogP contribution in [0.1, 0.15) is 29.8 Å². The van der Waals surface area contributed by atoms with E-state index in [1.807, 2.05) is 21.8 Å². The SMILES string of the molecule is O=C(c1ccc(-n2ccnc2)nn1)N1CCCC[C@H]1Cn1cccn1. The van der Waals surface area contributed by atoms with Gasteiger partial charge in [-0.15, -0.1) is 10.2 Å². The fourth-order valence-corrected chi connectivity index (χ4v) is 3.20. The standard InChI is InChI=1S/C17H19N7O/c25-17(15-5-6-16(21-20-15)22-11-8-18-13-22)24-10-2-1-4-14(24)12-23-9-3-7-19-23/h3,5-9,11,13-14H,1-2,4,10,12H2/t14-/m0/s1. The number of piperidine rings is 1. The molecular formula is C17H19N7O. The first kappa shape index (κ1) is 15.5. The van der Waals surface area contributed by atoms with E-state index in [-0.39, 0.29) is 11.9 Å². The molecule has 3 aromatic heterocycles. The van der Waals surface area contributed by atoms with Gasteiger partial charge < -0.3 is 4.90 Å². The molecular weight excluding hydrogens is 318 g/mol. The van der Waals surface area contributed by atoms with Crippen molar-refractivity contribution in [1.82, 2.24) is 34.4 Å². The number of hydrogen-bond donors (Lipinski definition) is 0. The topological polar surface area (TPSA) is 81.7 Å². The molecule has 0 bridgehead atoms. The van der Waals surface area contributed by atoms with Crippen molar-refractivity contribution >= 4 is 5.91 Å². The van der Waals surface area contributed by atoms with Crippen LogP contribution in [-0.4, -0.2) is 52.9 Å². The van der Waals surface area contributed by atoms with E-state index < -0.39 is 0 Å². The van der Waals surface area contributed by atoms with Gasteiger partial charge in [-0.3, -0.25) is 14.0 Å². The molecule has 128 valence electrons. The molecule has 8 heteroatoms. The van der Waals surface area contributed by atoms with E-state index in [1.165, 1.54) is 0 Å². The van der Waals surface area contributed by atoms with Gasteiger partial charge in [0.25, 0.3) is 5.91 Å². The Morgan fingerprint density at radius 3 is 2.84 bits per heavy atom. The van der Waals surface area contributed by atoms with Gasteiger partial charge in [0.1, 0.15) is 6.33 Å². The summed E-state index contributed by atoms with van der Waals surface area (Å²) in [7, 11) is 0. The fourth-order valence-electron chi connectivity index (χ4n) is 3.20. The van der Waals surface area contributed by atoms with Crippen molar-refractivity contribution < 1.29 is 4.79 Å². The van der Waals surface area contributed by atoms with E-state index in [0.29, 0.717) is 18.1 Å². The van der Waals surface area contributed by atoms with E-state index in [0.717, 1.165) is 25.8 Å². The second kappa shape index (κ2) is 6.84. The first-order valence-corrected chi connectivity index (χ1v) is 8.42. The zero-order valence-corrected chi connectivity index (χ0v) is 13.8. The van der Waals surface area contributed by atoms with Crippen molar-refractivity contribution in [3.05, 3.63) is 55.0 Å². The number of carbonyl (C=O) groups excluding carboxylic acids is 1. The van der Waals surface area contributed by atoms with Gasteiger partial charge in [0.05, 0.1) is 12.6 Å². The Labute approximate surface area is 145 Å². The molecule has 0 aliphatic carbocycles. The minimum atomic E-state index is -0.0680. The summed E-state index contributed by atoms with van der Waals surface area (Å²) in [6.45, 7) is 1.45. The van der Waals surface area contributed by atoms with E-state index in [4.69, 9.17) is 0 Å². The van der Waals surface area contributed by atoms with Crippen molar-refractivity contribution in [2.75, 3.05) is 6.54 Å². The average Bonchev–Trinajstić information content (AvgIpc) is 3.36. The number of amides is 1. The average molecular weight is 337 g/mol. The smallest absolute Gasteiger partial charge is 0.274 e. The van der Waals surface area contributed by atoms with E-state index >= 15 is 0 Å². The van der Waals surface area contributed by atoms with Gasteiger partial charge in [0, 0.05) is 31.3 Å². The maximum atomic E-state index is 12.9. The Morgan fingerprint density at radius 2 is 2.12 bits per heavy atom. The fraction of sp³-hybridized carbons (Fsp3) is 0.353. The van der Waals surface area contributed by atoms with E-state index in [2.05, 4.69) is 20.3 Å². The van der Waals surface area contributed by atoms with Crippen LogP contribution >= 0.6 is 0 Å². The summed E-state index contributed by atoms with van der Waals surface area (Å²) in [5, 5.41) is 12.5. The highest BCUT2D eigenvalue weighted by atomic mass is 16.2. The Bertz CT molecular complexity index is 811. The molecule has 1 amide bonds. The molecule has 3 aromatic rings. The zero-order valence-electron chi connectivity index (χ0n) is 13.8. The summed E-state index contributed by atoms with van der Waals surface area (Å²) < 4.78 is 3.63. The number of carbonyl (C=O) groups is 1. The molecule has 4 heterocycles. The van der Waals surface area contributed by atoms with Gasteiger partial charge in [-0.25, -0.2) is 4.98 Å². The third-order valence-corrected chi connectivity index (χ3v) is 4.48. The van der Waals surface area contributed by atoms with Crippen LogP contribution in [0.25, 0.3) is 5.82 Å². The molecule has 1 saturated heterocycles. The van der Waals surface area contributed by atoms with Crippen LogP contribution in [0.3, 0.4) is 0 Å². The number of imidazole rings is 1. The van der Waals surface area contributed by atoms with Crippen LogP contribution in [0.4, 0.5) is 0 Å². The molecule has 1 aliphatic rings. The second-order valence-electron chi connectivity index (χ2n) is 6.12. The number of aromatic nitrogens is 6. The number of likely N-dealkylation sites (tertiary alicyclic amines) is 1. The summed E-state index contributed by atoms with van der Waals surface area (Å²) in [4.78, 5) is 18.8. The van der Waals surface area contributed by atoms with Gasteiger partial charge in [0.2, 0.25) is 0 Å². The summed E-state index contributed by atoms with van der Waals surface area (Å²) >= 11 is 0. The summed E-state index contributed by atoms with van der Waals surface area (Å²) in [6, 6.07) is 5.55. The molecule has 1 atom stereocenters. The van der Waals surface area contributed by atoms with Crippen LogP contribution in [0.5, 0.6) is 0 Å². The number of rotatable bonds is 4. The monoisotopic (exact) mass is 337 g/mol. The van der Waals surface area contributed by atoms with Crippen LogP contribution in [0, 0.1) is 0 Å². The first-order chi connectivity index (χ1) is 12.3. The van der Waals surface area contributed by atoms with Crippen LogP contribution < -0.4 is 0 Å². The lowest BCUT2D eigenvalue weighted by molar-refractivity contribution is 0.0576. The molecule has 0 aromatic carbocycles. The zero-order chi connectivity index (χ0) is 17.1. The Balaban J connectivity index is 1.51. The summed E-state index contributed by atoms with van der Waals surface area (Å²) in [6.07, 6.45) is 11.9. The largest absolute Gasteiger partial charge is 0.332 e. The molecule has 4 rings (SSSR count). The van der Waals surface area contributed by atoms with Gasteiger partial charge in [0.15, 0.2) is 11.5 Å². The first-order valence-electron chi connectivity index (χ1n) is 8.42. The van der Waals surface area contributed by atoms with Crippen molar-refractivity contribution in [3.8, 4) is 5.82 Å². The van der Waals surface area contributed by atoms with Crippen LogP contribution in [-0.2, 0) is 6.54 Å². The Kier molecular flexibility index (Phi) is 4.24. The van der Waals surface area contributed by atoms with Gasteiger partial charge in [-0.2, -0.15) is 5.10 Å². The third kappa shape index (κ3) is 3.28. The molecule has 1 fully saturated rings. The van der Waals surface area contributed by atoms with E-state index in [1.54, 1.807) is 41.6 Å². The molecule has 0 saturated carbocycles. The summed E-state index contributed by atoms with van der Waals surface area (Å²) in [5.41, 5.74) is 0.372. The molecule has 1 aliphatic heterocycles. The van der Waals surface area contributed by atoms with Crippen molar-refractivity contribution in [3.63, 3.8) is 0 Å². The van der Waals surface area contributed by atoms with Gasteiger partial charge in [-0.05, 0) is 37.5 Å². The summed E-state index contributed by atoms with van der Waals surface area (Å²) in [5.74, 6) is 0.572. The minimum absolute atomic E-state index is 0.0680. The lowest BCUT2D eigenvalue weighted by Gasteiger charge is -2.35. The quantitative estimate of drug-likeness (QED) is 0.721. The maximum absolute atomic E-state index is 12.9. The van der Waals surface area contributed by atoms with Crippen LogP contribution in [0.15, 0.2) is 49.3 Å². The molecule has 0 radical (unpaired) electrons. The van der Waals surface area contributed by atoms with Crippen molar-refractivity contribution in [1.29, 1.82) is 0 Å². The molecule has 0 N–H and O–H groups in total. The maximum Gasteiger partial charge on any atom is 0.274 e. The molecule has 0 unspecified atom stereocenters. The normalized spacial score (nSPS) is 17.6. The number of nitrogens with zero attached hydrogens (tertiary/aromatic N) is 7. The number of hydrogen-bond acceptors (Lipinski definition) is 5.